The van der Waals surface area contributed by atoms with Crippen LogP contribution in [0.4, 0.5) is 0 Å². The minimum Gasteiger partial charge on any atom is -0.478 e. The topological polar surface area (TPSA) is 61.1 Å². The van der Waals surface area contributed by atoms with Crippen molar-refractivity contribution in [1.29, 1.82) is 5.26 Å². The Morgan fingerprint density at radius 2 is 2.29 bits per heavy atom. The molecule has 72 valence electrons. The third-order valence-electron chi connectivity index (χ3n) is 1.68. The third kappa shape index (κ3) is 2.06. The summed E-state index contributed by atoms with van der Waals surface area (Å²) in [7, 11) is 0. The van der Waals surface area contributed by atoms with Crippen LogP contribution in [0.15, 0.2) is 16.6 Å². The van der Waals surface area contributed by atoms with Gasteiger partial charge in [-0.25, -0.2) is 4.79 Å². The fourth-order valence-electron chi connectivity index (χ4n) is 0.990. The Bertz CT molecular complexity index is 426. The van der Waals surface area contributed by atoms with Crippen molar-refractivity contribution in [2.24, 2.45) is 0 Å². The minimum atomic E-state index is -1.12. The molecule has 0 heterocycles. The van der Waals surface area contributed by atoms with Crippen LogP contribution in [0.3, 0.4) is 0 Å². The normalized spacial score (nSPS) is 9.50. The first-order chi connectivity index (χ1) is 6.60. The zero-order chi connectivity index (χ0) is 10.7. The Balaban J connectivity index is 3.42. The van der Waals surface area contributed by atoms with E-state index in [0.29, 0.717) is 10.0 Å². The molecule has 0 aromatic heterocycles. The van der Waals surface area contributed by atoms with E-state index in [1.54, 1.807) is 0 Å². The lowest BCUT2D eigenvalue weighted by Gasteiger charge is -2.03. The number of carboxylic acids is 1. The average Bonchev–Trinajstić information content (AvgIpc) is 2.16. The first kappa shape index (κ1) is 11.0. The summed E-state index contributed by atoms with van der Waals surface area (Å²) in [5.41, 5.74) is 0.757. The second kappa shape index (κ2) is 4.45. The second-order valence-electron chi connectivity index (χ2n) is 2.54. The molecular weight excluding hydrogens is 269 g/mol. The number of hydrogen-bond acceptors (Lipinski definition) is 2. The lowest BCUT2D eigenvalue weighted by Crippen LogP contribution is -2.01. The van der Waals surface area contributed by atoms with Gasteiger partial charge in [-0.05, 0) is 17.7 Å². The summed E-state index contributed by atoms with van der Waals surface area (Å²) in [5, 5.41) is 17.5. The van der Waals surface area contributed by atoms with Crippen LogP contribution in [0.2, 0.25) is 0 Å². The molecule has 0 saturated heterocycles. The van der Waals surface area contributed by atoms with E-state index in [1.807, 2.05) is 6.07 Å². The predicted octanol–water partition coefficient (Wildman–Crippen LogP) is 2.76. The highest BCUT2D eigenvalue weighted by Crippen LogP contribution is 2.23. The van der Waals surface area contributed by atoms with Crippen LogP contribution in [0.25, 0.3) is 0 Å². The van der Waals surface area contributed by atoms with Gasteiger partial charge < -0.3 is 5.11 Å². The van der Waals surface area contributed by atoms with Crippen LogP contribution >= 0.6 is 27.5 Å². The zero-order valence-electron chi connectivity index (χ0n) is 6.92. The molecule has 14 heavy (non-hydrogen) atoms. The fraction of sp³-hybridized carbons (Fsp3) is 0.111. The van der Waals surface area contributed by atoms with Gasteiger partial charge in [-0.15, -0.1) is 11.6 Å². The minimum absolute atomic E-state index is 0.0219. The number of halogens is 2. The van der Waals surface area contributed by atoms with Gasteiger partial charge in [-0.3, -0.25) is 0 Å². The molecule has 0 bridgehead atoms. The first-order valence-corrected chi connectivity index (χ1v) is 4.94. The molecule has 3 nitrogen and oxygen atoms in total. The fourth-order valence-corrected chi connectivity index (χ4v) is 1.86. The third-order valence-corrected chi connectivity index (χ3v) is 2.71. The highest BCUT2D eigenvalue weighted by atomic mass is 79.9. The summed E-state index contributed by atoms with van der Waals surface area (Å²) >= 11 is 8.80. The number of nitriles is 1. The molecule has 5 heteroatoms. The highest BCUT2D eigenvalue weighted by molar-refractivity contribution is 9.10. The lowest BCUT2D eigenvalue weighted by atomic mass is 10.1. The number of carbonyl (C=O) groups is 1. The standard InChI is InChI=1S/C9H5BrClNO2/c10-8-2-6(4-12)7(9(13)14)1-5(8)3-11/h1-2H,3H2,(H,13,14). The lowest BCUT2D eigenvalue weighted by molar-refractivity contribution is 0.0696. The molecule has 0 amide bonds. The summed E-state index contributed by atoms with van der Waals surface area (Å²) in [5.74, 6) is -0.924. The summed E-state index contributed by atoms with van der Waals surface area (Å²) in [6.45, 7) is 0. The molecule has 0 radical (unpaired) electrons. The van der Waals surface area contributed by atoms with E-state index in [-0.39, 0.29) is 17.0 Å². The molecule has 0 aliphatic carbocycles. The van der Waals surface area contributed by atoms with Gasteiger partial charge in [-0.2, -0.15) is 5.26 Å². The molecule has 0 spiro atoms. The van der Waals surface area contributed by atoms with Crippen LogP contribution in [-0.2, 0) is 5.88 Å². The quantitative estimate of drug-likeness (QED) is 0.844. The molecule has 1 N–H and O–H groups in total. The van der Waals surface area contributed by atoms with Gasteiger partial charge in [0, 0.05) is 10.4 Å². The molecule has 0 saturated carbocycles. The van der Waals surface area contributed by atoms with E-state index in [2.05, 4.69) is 15.9 Å². The Morgan fingerprint density at radius 1 is 1.64 bits per heavy atom. The van der Waals surface area contributed by atoms with Crippen molar-refractivity contribution < 1.29 is 9.90 Å². The number of rotatable bonds is 2. The molecular formula is C9H5BrClNO2. The molecule has 0 unspecified atom stereocenters. The van der Waals surface area contributed by atoms with Gasteiger partial charge in [0.25, 0.3) is 0 Å². The van der Waals surface area contributed by atoms with E-state index < -0.39 is 5.97 Å². The number of alkyl halides is 1. The van der Waals surface area contributed by atoms with Crippen LogP contribution in [-0.4, -0.2) is 11.1 Å². The van der Waals surface area contributed by atoms with E-state index in [1.165, 1.54) is 12.1 Å². The SMILES string of the molecule is N#Cc1cc(Br)c(CCl)cc1C(=O)O. The molecule has 1 aromatic carbocycles. The monoisotopic (exact) mass is 273 g/mol. The maximum atomic E-state index is 10.8. The van der Waals surface area contributed by atoms with Crippen LogP contribution < -0.4 is 0 Å². The summed E-state index contributed by atoms with van der Waals surface area (Å²) < 4.78 is 0.647. The molecule has 1 rings (SSSR count). The Hall–Kier alpha value is -1.05. The summed E-state index contributed by atoms with van der Waals surface area (Å²) in [6, 6.07) is 4.68. The number of benzene rings is 1. The van der Waals surface area contributed by atoms with Gasteiger partial charge in [-0.1, -0.05) is 15.9 Å². The van der Waals surface area contributed by atoms with Crippen molar-refractivity contribution in [3.8, 4) is 6.07 Å². The summed E-state index contributed by atoms with van der Waals surface area (Å²) in [4.78, 5) is 10.8. The predicted molar refractivity (Wildman–Crippen MR) is 55.4 cm³/mol. The first-order valence-electron chi connectivity index (χ1n) is 3.62. The molecule has 1 aromatic rings. The summed E-state index contributed by atoms with van der Waals surface area (Å²) in [6.07, 6.45) is 0. The second-order valence-corrected chi connectivity index (χ2v) is 3.66. The van der Waals surface area contributed by atoms with Crippen LogP contribution in [0, 0.1) is 11.3 Å². The number of hydrogen-bond donors (Lipinski definition) is 1. The smallest absolute Gasteiger partial charge is 0.337 e. The molecule has 0 aliphatic rings. The van der Waals surface area contributed by atoms with E-state index >= 15 is 0 Å². The Labute approximate surface area is 94.0 Å². The molecule has 0 aliphatic heterocycles. The highest BCUT2D eigenvalue weighted by Gasteiger charge is 2.13. The van der Waals surface area contributed by atoms with Gasteiger partial charge in [0.2, 0.25) is 0 Å². The average molecular weight is 275 g/mol. The molecule has 0 atom stereocenters. The van der Waals surface area contributed by atoms with Gasteiger partial charge in [0.05, 0.1) is 11.1 Å². The van der Waals surface area contributed by atoms with Crippen molar-refractivity contribution in [2.75, 3.05) is 0 Å². The van der Waals surface area contributed by atoms with Gasteiger partial charge >= 0.3 is 5.97 Å². The van der Waals surface area contributed by atoms with Crippen molar-refractivity contribution in [3.63, 3.8) is 0 Å². The van der Waals surface area contributed by atoms with Crippen molar-refractivity contribution in [3.05, 3.63) is 33.3 Å². The van der Waals surface area contributed by atoms with E-state index in [0.717, 1.165) is 0 Å². The van der Waals surface area contributed by atoms with E-state index in [4.69, 9.17) is 22.0 Å². The Morgan fingerprint density at radius 3 is 2.71 bits per heavy atom. The van der Waals surface area contributed by atoms with Crippen LogP contribution in [0.1, 0.15) is 21.5 Å². The zero-order valence-corrected chi connectivity index (χ0v) is 9.26. The van der Waals surface area contributed by atoms with Crippen molar-refractivity contribution in [2.45, 2.75) is 5.88 Å². The maximum absolute atomic E-state index is 10.8. The van der Waals surface area contributed by atoms with Crippen molar-refractivity contribution >= 4 is 33.5 Å². The van der Waals surface area contributed by atoms with Crippen molar-refractivity contribution in [1.82, 2.24) is 0 Å². The van der Waals surface area contributed by atoms with Gasteiger partial charge in [0.15, 0.2) is 0 Å². The number of carboxylic acid groups (broad SMARTS) is 1. The maximum Gasteiger partial charge on any atom is 0.337 e. The van der Waals surface area contributed by atoms with Gasteiger partial charge in [0.1, 0.15) is 6.07 Å². The Kier molecular flexibility index (Phi) is 3.50. The van der Waals surface area contributed by atoms with Crippen LogP contribution in [0.5, 0.6) is 0 Å². The van der Waals surface area contributed by atoms with E-state index in [9.17, 15) is 4.79 Å². The molecule has 0 fully saturated rings. The number of aromatic carboxylic acids is 1. The largest absolute Gasteiger partial charge is 0.478 e. The number of nitrogens with zero attached hydrogens (tertiary/aromatic N) is 1.